The van der Waals surface area contributed by atoms with Gasteiger partial charge >= 0.3 is 0 Å². The van der Waals surface area contributed by atoms with Crippen molar-refractivity contribution in [3.05, 3.63) is 170 Å². The van der Waals surface area contributed by atoms with Crippen LogP contribution in [-0.4, -0.2) is 9.13 Å². The predicted octanol–water partition coefficient (Wildman–Crippen LogP) is 14.3. The molecule has 4 aromatic heterocycles. The number of thiophene rings is 2. The zero-order chi connectivity index (χ0) is 33.9. The second-order valence-corrected chi connectivity index (χ2v) is 15.8. The van der Waals surface area contributed by atoms with E-state index in [0.29, 0.717) is 0 Å². The van der Waals surface area contributed by atoms with Gasteiger partial charge in [-0.25, -0.2) is 0 Å². The molecule has 2 nitrogen and oxygen atoms in total. The molecule has 12 rings (SSSR count). The standard InChI is InChI=1S/C48H28N2S2/c1-5-19-39-33(15-1)35-23-25-43-45(37-17-3-7-21-41(37)51-43)47(35)49(39)31-13-9-11-29(27-31)30-12-10-14-32(28-30)50-40-20-6-2-16-34(40)36-24-26-44-46(48(36)50)38-18-4-8-22-42(38)52-44/h1-28H. The first-order valence-electron chi connectivity index (χ1n) is 17.7. The number of nitrogens with zero attached hydrogens (tertiary/aromatic N) is 2. The average Bonchev–Trinajstić information content (AvgIpc) is 3.95. The van der Waals surface area contributed by atoms with E-state index in [9.17, 15) is 0 Å². The third-order valence-electron chi connectivity index (χ3n) is 10.9. The van der Waals surface area contributed by atoms with Gasteiger partial charge in [-0.05, 0) is 71.8 Å². The van der Waals surface area contributed by atoms with Gasteiger partial charge in [-0.2, -0.15) is 0 Å². The van der Waals surface area contributed by atoms with Crippen molar-refractivity contribution >= 4 is 107 Å². The highest BCUT2D eigenvalue weighted by Gasteiger charge is 2.20. The van der Waals surface area contributed by atoms with Crippen molar-refractivity contribution in [3.8, 4) is 22.5 Å². The largest absolute Gasteiger partial charge is 0.309 e. The third kappa shape index (κ3) is 3.88. The Morgan fingerprint density at radius 3 is 1.21 bits per heavy atom. The van der Waals surface area contributed by atoms with E-state index in [1.54, 1.807) is 0 Å². The molecule has 8 aromatic carbocycles. The van der Waals surface area contributed by atoms with Crippen LogP contribution in [0.3, 0.4) is 0 Å². The summed E-state index contributed by atoms with van der Waals surface area (Å²) in [5.41, 5.74) is 9.73. The molecule has 52 heavy (non-hydrogen) atoms. The Balaban J connectivity index is 1.10. The Bertz CT molecular complexity index is 3190. The first kappa shape index (κ1) is 28.5. The van der Waals surface area contributed by atoms with E-state index in [4.69, 9.17) is 0 Å². The normalized spacial score (nSPS) is 12.2. The molecule has 0 aliphatic heterocycles. The molecular formula is C48H28N2S2. The molecule has 0 aliphatic carbocycles. The molecule has 4 heterocycles. The molecule has 0 aliphatic rings. The first-order chi connectivity index (χ1) is 25.8. The summed E-state index contributed by atoms with van der Waals surface area (Å²) in [5.74, 6) is 0. The highest BCUT2D eigenvalue weighted by Crippen LogP contribution is 2.45. The Kier molecular flexibility index (Phi) is 5.84. The quantitative estimate of drug-likeness (QED) is 0.174. The summed E-state index contributed by atoms with van der Waals surface area (Å²) in [6.07, 6.45) is 0. The van der Waals surface area contributed by atoms with Crippen LogP contribution in [0.4, 0.5) is 0 Å². The van der Waals surface area contributed by atoms with Crippen molar-refractivity contribution in [1.82, 2.24) is 9.13 Å². The van der Waals surface area contributed by atoms with Crippen LogP contribution in [0.25, 0.3) is 106 Å². The molecule has 0 N–H and O–H groups in total. The Morgan fingerprint density at radius 2 is 0.731 bits per heavy atom. The Hall–Kier alpha value is -6.20. The summed E-state index contributed by atoms with van der Waals surface area (Å²) in [4.78, 5) is 0. The fourth-order valence-electron chi connectivity index (χ4n) is 8.72. The van der Waals surface area contributed by atoms with Gasteiger partial charge in [0.2, 0.25) is 0 Å². The molecule has 0 saturated heterocycles. The lowest BCUT2D eigenvalue weighted by Crippen LogP contribution is -1.96. The van der Waals surface area contributed by atoms with Crippen molar-refractivity contribution in [2.45, 2.75) is 0 Å². The average molecular weight is 697 g/mol. The van der Waals surface area contributed by atoms with Crippen LogP contribution in [-0.2, 0) is 0 Å². The lowest BCUT2D eigenvalue weighted by molar-refractivity contribution is 1.18. The number of rotatable bonds is 3. The van der Waals surface area contributed by atoms with Gasteiger partial charge < -0.3 is 9.13 Å². The van der Waals surface area contributed by atoms with E-state index >= 15 is 0 Å². The van der Waals surface area contributed by atoms with Gasteiger partial charge in [0.15, 0.2) is 0 Å². The number of aromatic nitrogens is 2. The maximum atomic E-state index is 2.49. The zero-order valence-electron chi connectivity index (χ0n) is 27.9. The number of hydrogen-bond acceptors (Lipinski definition) is 2. The highest BCUT2D eigenvalue weighted by atomic mass is 32.1. The minimum Gasteiger partial charge on any atom is -0.309 e. The molecule has 0 bridgehead atoms. The van der Waals surface area contributed by atoms with Crippen molar-refractivity contribution in [2.75, 3.05) is 0 Å². The summed E-state index contributed by atoms with van der Waals surface area (Å²) in [6.45, 7) is 0. The molecular weight excluding hydrogens is 669 g/mol. The number of para-hydroxylation sites is 2. The molecule has 0 atom stereocenters. The molecule has 4 heteroatoms. The Morgan fingerprint density at radius 1 is 0.308 bits per heavy atom. The maximum Gasteiger partial charge on any atom is 0.0634 e. The van der Waals surface area contributed by atoms with Crippen molar-refractivity contribution in [3.63, 3.8) is 0 Å². The molecule has 0 amide bonds. The molecule has 0 fully saturated rings. The molecule has 0 radical (unpaired) electrons. The monoisotopic (exact) mass is 696 g/mol. The third-order valence-corrected chi connectivity index (χ3v) is 13.2. The first-order valence-corrected chi connectivity index (χ1v) is 19.3. The second-order valence-electron chi connectivity index (χ2n) is 13.7. The van der Waals surface area contributed by atoms with Crippen LogP contribution in [0.15, 0.2) is 170 Å². The van der Waals surface area contributed by atoms with E-state index in [2.05, 4.69) is 179 Å². The van der Waals surface area contributed by atoms with E-state index in [0.717, 1.165) is 0 Å². The van der Waals surface area contributed by atoms with Crippen LogP contribution in [0, 0.1) is 0 Å². The highest BCUT2D eigenvalue weighted by molar-refractivity contribution is 7.26. The predicted molar refractivity (Wildman–Crippen MR) is 226 cm³/mol. The fourth-order valence-corrected chi connectivity index (χ4v) is 10.9. The summed E-state index contributed by atoms with van der Waals surface area (Å²) in [7, 11) is 0. The van der Waals surface area contributed by atoms with Gasteiger partial charge in [-0.15, -0.1) is 22.7 Å². The summed E-state index contributed by atoms with van der Waals surface area (Å²) < 4.78 is 10.3. The van der Waals surface area contributed by atoms with Gasteiger partial charge in [0.25, 0.3) is 0 Å². The van der Waals surface area contributed by atoms with E-state index in [1.807, 2.05) is 22.7 Å². The number of fused-ring (bicyclic) bond motifs is 14. The van der Waals surface area contributed by atoms with Gasteiger partial charge in [0.05, 0.1) is 22.1 Å². The maximum absolute atomic E-state index is 2.49. The lowest BCUT2D eigenvalue weighted by atomic mass is 10.0. The topological polar surface area (TPSA) is 9.86 Å². The van der Waals surface area contributed by atoms with Gasteiger partial charge in [-0.3, -0.25) is 0 Å². The Labute approximate surface area is 306 Å². The molecule has 0 saturated carbocycles. The van der Waals surface area contributed by atoms with Gasteiger partial charge in [0.1, 0.15) is 0 Å². The van der Waals surface area contributed by atoms with Crippen LogP contribution in [0.1, 0.15) is 0 Å². The van der Waals surface area contributed by atoms with Crippen LogP contribution in [0.2, 0.25) is 0 Å². The summed E-state index contributed by atoms with van der Waals surface area (Å²) >= 11 is 3.76. The summed E-state index contributed by atoms with van der Waals surface area (Å²) in [6, 6.07) is 62.8. The molecule has 242 valence electrons. The number of hydrogen-bond donors (Lipinski definition) is 0. The van der Waals surface area contributed by atoms with Crippen molar-refractivity contribution in [1.29, 1.82) is 0 Å². The SMILES string of the molecule is c1cc(-c2cccc(-n3c4ccccc4c4ccc5sc6ccccc6c5c43)c2)cc(-n2c3ccccc3c3ccc4sc5ccccc5c4c32)c1. The van der Waals surface area contributed by atoms with E-state index in [1.165, 1.54) is 106 Å². The van der Waals surface area contributed by atoms with E-state index < -0.39 is 0 Å². The van der Waals surface area contributed by atoms with Crippen LogP contribution >= 0.6 is 22.7 Å². The minimum absolute atomic E-state index is 1.17. The molecule has 0 spiro atoms. The van der Waals surface area contributed by atoms with E-state index in [-0.39, 0.29) is 0 Å². The van der Waals surface area contributed by atoms with Gasteiger partial charge in [-0.1, -0.05) is 109 Å². The van der Waals surface area contributed by atoms with Crippen LogP contribution < -0.4 is 0 Å². The minimum atomic E-state index is 1.17. The number of benzene rings is 8. The lowest BCUT2D eigenvalue weighted by Gasteiger charge is -2.13. The fraction of sp³-hybridized carbons (Fsp3) is 0. The van der Waals surface area contributed by atoms with Crippen molar-refractivity contribution in [2.24, 2.45) is 0 Å². The molecule has 12 aromatic rings. The molecule has 0 unspecified atom stereocenters. The van der Waals surface area contributed by atoms with Crippen LogP contribution in [0.5, 0.6) is 0 Å². The zero-order valence-corrected chi connectivity index (χ0v) is 29.5. The smallest absolute Gasteiger partial charge is 0.0634 e. The summed E-state index contributed by atoms with van der Waals surface area (Å²) in [5, 5.41) is 10.4. The second kappa shape index (κ2) is 10.7. The van der Waals surface area contributed by atoms with Crippen molar-refractivity contribution < 1.29 is 0 Å². The van der Waals surface area contributed by atoms with Gasteiger partial charge in [0, 0.05) is 73.3 Å².